The third-order valence-electron chi connectivity index (χ3n) is 2.87. The molecule has 0 bridgehead atoms. The Morgan fingerprint density at radius 3 is 1.70 bits per heavy atom. The molecule has 0 unspecified atom stereocenters. The Morgan fingerprint density at radius 1 is 0.700 bits per heavy atom. The Labute approximate surface area is 114 Å². The molecule has 0 aromatic heterocycles. The first-order valence-corrected chi connectivity index (χ1v) is 5.83. The quantitative estimate of drug-likeness (QED) is 0.384. The van der Waals surface area contributed by atoms with Gasteiger partial charge >= 0.3 is 0 Å². The van der Waals surface area contributed by atoms with Crippen molar-refractivity contribution in [3.63, 3.8) is 0 Å². The first-order valence-electron chi connectivity index (χ1n) is 5.83. The lowest BCUT2D eigenvalue weighted by Crippen LogP contribution is -2.03. The zero-order chi connectivity index (χ0) is 14.9. The fraction of sp³-hybridized carbons (Fsp3) is 0.125. The Balaban J connectivity index is 2.53. The normalized spacial score (nSPS) is 10.1. The van der Waals surface area contributed by atoms with E-state index in [4.69, 9.17) is 0 Å². The van der Waals surface area contributed by atoms with Crippen LogP contribution < -0.4 is 0 Å². The van der Waals surface area contributed by atoms with Gasteiger partial charge in [0.15, 0.2) is 23.3 Å². The molecule has 0 aliphatic rings. The molecule has 4 heteroatoms. The van der Waals surface area contributed by atoms with Gasteiger partial charge < -0.3 is 0 Å². The summed E-state index contributed by atoms with van der Waals surface area (Å²) in [7, 11) is 0. The predicted octanol–water partition coefficient (Wildman–Crippen LogP) is 4.26. The summed E-state index contributed by atoms with van der Waals surface area (Å²) in [4.78, 5) is 0. The van der Waals surface area contributed by atoms with Gasteiger partial charge in [0.1, 0.15) is 5.56 Å². The lowest BCUT2D eigenvalue weighted by Gasteiger charge is -2.04. The number of hydrogen-bond donors (Lipinski definition) is 0. The summed E-state index contributed by atoms with van der Waals surface area (Å²) >= 11 is 0. The Morgan fingerprint density at radius 2 is 1.20 bits per heavy atom. The summed E-state index contributed by atoms with van der Waals surface area (Å²) in [6, 6.07) is 6.85. The predicted molar refractivity (Wildman–Crippen MR) is 68.2 cm³/mol. The van der Waals surface area contributed by atoms with Gasteiger partial charge in [0.2, 0.25) is 0 Å². The van der Waals surface area contributed by atoms with E-state index < -0.39 is 34.4 Å². The van der Waals surface area contributed by atoms with Crippen LogP contribution >= 0.6 is 0 Å². The summed E-state index contributed by atoms with van der Waals surface area (Å²) in [5, 5.41) is 0. The van der Waals surface area contributed by atoms with Gasteiger partial charge in [-0.1, -0.05) is 29.5 Å². The molecule has 102 valence electrons. The summed E-state index contributed by atoms with van der Waals surface area (Å²) in [5.41, 5.74) is -0.0943. The highest BCUT2D eigenvalue weighted by molar-refractivity contribution is 5.46. The second-order valence-corrected chi connectivity index (χ2v) is 4.37. The van der Waals surface area contributed by atoms with E-state index in [0.717, 1.165) is 12.5 Å². The maximum Gasteiger partial charge on any atom is 0.177 e. The van der Waals surface area contributed by atoms with Crippen molar-refractivity contribution in [1.82, 2.24) is 0 Å². The van der Waals surface area contributed by atoms with Crippen molar-refractivity contribution in [2.75, 3.05) is 0 Å². The Hall–Kier alpha value is -2.28. The molecule has 0 N–H and O–H groups in total. The molecule has 0 aliphatic carbocycles. The van der Waals surface area contributed by atoms with E-state index >= 15 is 0 Å². The topological polar surface area (TPSA) is 0 Å². The summed E-state index contributed by atoms with van der Waals surface area (Å²) in [5.74, 6) is -1.16. The SMILES string of the molecule is Cc1ccc(C#Cc2c(F)c(F)c(C)c(F)c2F)cc1. The fourth-order valence-electron chi connectivity index (χ4n) is 1.62. The first-order chi connectivity index (χ1) is 9.41. The van der Waals surface area contributed by atoms with Crippen molar-refractivity contribution in [1.29, 1.82) is 0 Å². The lowest BCUT2D eigenvalue weighted by molar-refractivity contribution is 0.442. The molecular formula is C16H10F4. The molecule has 20 heavy (non-hydrogen) atoms. The number of hydrogen-bond acceptors (Lipinski definition) is 0. The summed E-state index contributed by atoms with van der Waals surface area (Å²) in [6.07, 6.45) is 0. The molecule has 0 heterocycles. The molecule has 0 radical (unpaired) electrons. The maximum absolute atomic E-state index is 13.6. The number of benzene rings is 2. The number of rotatable bonds is 0. The van der Waals surface area contributed by atoms with Gasteiger partial charge in [-0.15, -0.1) is 0 Å². The zero-order valence-electron chi connectivity index (χ0n) is 10.8. The maximum atomic E-state index is 13.6. The molecular weight excluding hydrogens is 268 g/mol. The third kappa shape index (κ3) is 2.53. The van der Waals surface area contributed by atoms with Crippen LogP contribution in [-0.2, 0) is 0 Å². The molecule has 2 aromatic rings. The van der Waals surface area contributed by atoms with Crippen LogP contribution in [0.2, 0.25) is 0 Å². The Kier molecular flexibility index (Phi) is 3.80. The third-order valence-corrected chi connectivity index (χ3v) is 2.87. The minimum atomic E-state index is -1.47. The summed E-state index contributed by atoms with van der Waals surface area (Å²) in [6.45, 7) is 2.84. The van der Waals surface area contributed by atoms with Crippen LogP contribution in [0.1, 0.15) is 22.3 Å². The van der Waals surface area contributed by atoms with Crippen LogP contribution in [0.3, 0.4) is 0 Å². The average molecular weight is 278 g/mol. The van der Waals surface area contributed by atoms with Crippen molar-refractivity contribution in [2.24, 2.45) is 0 Å². The molecule has 0 aliphatic heterocycles. The van der Waals surface area contributed by atoms with E-state index in [-0.39, 0.29) is 0 Å². The van der Waals surface area contributed by atoms with Gasteiger partial charge in [-0.3, -0.25) is 0 Å². The second-order valence-electron chi connectivity index (χ2n) is 4.37. The number of aryl methyl sites for hydroxylation is 1. The summed E-state index contributed by atoms with van der Waals surface area (Å²) < 4.78 is 53.9. The minimum Gasteiger partial charge on any atom is -0.203 e. The van der Waals surface area contributed by atoms with Gasteiger partial charge in [0, 0.05) is 11.1 Å². The van der Waals surface area contributed by atoms with E-state index in [1.807, 2.05) is 6.92 Å². The van der Waals surface area contributed by atoms with Crippen molar-refractivity contribution in [3.05, 3.63) is 69.8 Å². The highest BCUT2D eigenvalue weighted by atomic mass is 19.2. The molecule has 0 atom stereocenters. The molecule has 0 saturated carbocycles. The van der Waals surface area contributed by atoms with Gasteiger partial charge in [-0.05, 0) is 26.0 Å². The van der Waals surface area contributed by atoms with Crippen LogP contribution in [0.25, 0.3) is 0 Å². The van der Waals surface area contributed by atoms with Crippen molar-refractivity contribution >= 4 is 0 Å². The fourth-order valence-corrected chi connectivity index (χ4v) is 1.62. The lowest BCUT2D eigenvalue weighted by atomic mass is 10.1. The highest BCUT2D eigenvalue weighted by Gasteiger charge is 2.21. The molecule has 0 fully saturated rings. The van der Waals surface area contributed by atoms with Crippen LogP contribution in [0, 0.1) is 49.0 Å². The van der Waals surface area contributed by atoms with Gasteiger partial charge in [-0.2, -0.15) is 0 Å². The van der Waals surface area contributed by atoms with Gasteiger partial charge in [0.05, 0.1) is 0 Å². The largest absolute Gasteiger partial charge is 0.203 e. The first kappa shape index (κ1) is 14.1. The van der Waals surface area contributed by atoms with Crippen molar-refractivity contribution in [3.8, 4) is 11.8 Å². The minimum absolute atomic E-state index is 0.496. The van der Waals surface area contributed by atoms with E-state index in [0.29, 0.717) is 5.56 Å². The van der Waals surface area contributed by atoms with Crippen molar-refractivity contribution < 1.29 is 17.6 Å². The molecule has 2 aromatic carbocycles. The Bertz CT molecular complexity index is 690. The molecule has 0 amide bonds. The molecule has 0 nitrogen and oxygen atoms in total. The molecule has 0 saturated heterocycles. The zero-order valence-corrected chi connectivity index (χ0v) is 10.8. The van der Waals surface area contributed by atoms with E-state index in [1.165, 1.54) is 0 Å². The van der Waals surface area contributed by atoms with E-state index in [9.17, 15) is 17.6 Å². The standard InChI is InChI=1S/C16H10F4/c1-9-3-5-11(6-4-9)7-8-12-15(19)13(17)10(2)14(18)16(12)20/h3-6H,1-2H3. The molecule has 0 spiro atoms. The van der Waals surface area contributed by atoms with Gasteiger partial charge in [0.25, 0.3) is 0 Å². The second kappa shape index (κ2) is 5.38. The smallest absolute Gasteiger partial charge is 0.177 e. The van der Waals surface area contributed by atoms with Crippen LogP contribution in [-0.4, -0.2) is 0 Å². The van der Waals surface area contributed by atoms with Gasteiger partial charge in [-0.25, -0.2) is 17.6 Å². The average Bonchev–Trinajstić information content (AvgIpc) is 2.45. The van der Waals surface area contributed by atoms with Crippen molar-refractivity contribution in [2.45, 2.75) is 13.8 Å². The van der Waals surface area contributed by atoms with E-state index in [1.54, 1.807) is 24.3 Å². The number of halogens is 4. The highest BCUT2D eigenvalue weighted by Crippen LogP contribution is 2.22. The molecule has 2 rings (SSSR count). The van der Waals surface area contributed by atoms with E-state index in [2.05, 4.69) is 11.8 Å². The van der Waals surface area contributed by atoms with Crippen LogP contribution in [0.5, 0.6) is 0 Å². The van der Waals surface area contributed by atoms with Crippen LogP contribution in [0.15, 0.2) is 24.3 Å². The van der Waals surface area contributed by atoms with Crippen LogP contribution in [0.4, 0.5) is 17.6 Å². The monoisotopic (exact) mass is 278 g/mol.